The van der Waals surface area contributed by atoms with E-state index in [9.17, 15) is 14.4 Å². The molecule has 48 heavy (non-hydrogen) atoms. The number of aromatic nitrogens is 2. The zero-order valence-corrected chi connectivity index (χ0v) is 29.2. The summed E-state index contributed by atoms with van der Waals surface area (Å²) in [5, 5.41) is 3.07. The third-order valence-electron chi connectivity index (χ3n) is 8.76. The summed E-state index contributed by atoms with van der Waals surface area (Å²) in [5.41, 5.74) is 14.4. The Morgan fingerprint density at radius 1 is 0.958 bits per heavy atom. The van der Waals surface area contributed by atoms with Crippen LogP contribution in [-0.4, -0.2) is 90.2 Å². The highest BCUT2D eigenvalue weighted by atomic mass is 35.5. The topological polar surface area (TPSA) is 163 Å². The molecule has 0 aliphatic carbocycles. The molecule has 2 aromatic carbocycles. The number of rotatable bonds is 13. The summed E-state index contributed by atoms with van der Waals surface area (Å²) in [6.45, 7) is 5.63. The van der Waals surface area contributed by atoms with Gasteiger partial charge in [0.15, 0.2) is 22.5 Å². The van der Waals surface area contributed by atoms with Crippen molar-refractivity contribution in [3.05, 3.63) is 76.1 Å². The van der Waals surface area contributed by atoms with Gasteiger partial charge in [-0.1, -0.05) is 35.9 Å². The highest BCUT2D eigenvalue weighted by Crippen LogP contribution is 2.24. The molecule has 14 heteroatoms. The first-order valence-electron chi connectivity index (χ1n) is 15.9. The highest BCUT2D eigenvalue weighted by Gasteiger charge is 2.35. The van der Waals surface area contributed by atoms with Crippen LogP contribution in [0.5, 0.6) is 5.75 Å². The van der Waals surface area contributed by atoms with Crippen molar-refractivity contribution in [1.82, 2.24) is 20.2 Å². The first-order valence-corrected chi connectivity index (χ1v) is 16.3. The first-order chi connectivity index (χ1) is 22.6. The van der Waals surface area contributed by atoms with Gasteiger partial charge in [0.25, 0.3) is 11.8 Å². The molecule has 3 aromatic rings. The van der Waals surface area contributed by atoms with Crippen molar-refractivity contribution in [3.8, 4) is 5.75 Å². The fourth-order valence-corrected chi connectivity index (χ4v) is 6.41. The summed E-state index contributed by atoms with van der Waals surface area (Å²) >= 11 is 6.03. The Balaban J connectivity index is 0.00000625. The number of aryl methyl sites for hydroxylation is 2. The van der Waals surface area contributed by atoms with Crippen molar-refractivity contribution in [1.29, 1.82) is 0 Å². The molecule has 0 saturated carbocycles. The zero-order valence-electron chi connectivity index (χ0n) is 27.7. The maximum absolute atomic E-state index is 13.2. The third kappa shape index (κ3) is 9.94. The van der Waals surface area contributed by atoms with Gasteiger partial charge in [-0.05, 0) is 68.0 Å². The van der Waals surface area contributed by atoms with E-state index in [1.54, 1.807) is 26.2 Å². The molecule has 3 amide bonds. The van der Waals surface area contributed by atoms with Crippen LogP contribution in [-0.2, 0) is 17.6 Å². The number of anilines is 2. The highest BCUT2D eigenvalue weighted by molar-refractivity contribution is 6.31. The van der Waals surface area contributed by atoms with Gasteiger partial charge in [-0.2, -0.15) is 0 Å². The molecule has 1 saturated heterocycles. The number of carbonyl (C=O) groups is 3. The van der Waals surface area contributed by atoms with Crippen molar-refractivity contribution in [2.24, 2.45) is 0 Å². The lowest BCUT2D eigenvalue weighted by atomic mass is 9.98. The number of amides is 3. The van der Waals surface area contributed by atoms with Gasteiger partial charge in [-0.3, -0.25) is 9.59 Å². The number of nitrogens with two attached hydrogens (primary N) is 2. The number of hydrogen-bond donors (Lipinski definition) is 3. The fourth-order valence-electron chi connectivity index (χ4n) is 6.29. The Bertz CT molecular complexity index is 1540. The van der Waals surface area contributed by atoms with Crippen molar-refractivity contribution in [2.75, 3.05) is 58.4 Å². The van der Waals surface area contributed by atoms with E-state index in [-0.39, 0.29) is 53.4 Å². The van der Waals surface area contributed by atoms with Crippen LogP contribution in [0.3, 0.4) is 0 Å². The van der Waals surface area contributed by atoms with E-state index in [2.05, 4.69) is 27.4 Å². The minimum absolute atomic E-state index is 0. The Morgan fingerprint density at radius 2 is 1.56 bits per heavy atom. The summed E-state index contributed by atoms with van der Waals surface area (Å²) in [7, 11) is 2.92. The normalized spacial score (nSPS) is 17.1. The molecule has 4 rings (SSSR count). The van der Waals surface area contributed by atoms with Crippen LogP contribution in [0.4, 0.5) is 16.4 Å². The number of likely N-dealkylation sites (tertiary alicyclic amines) is 1. The van der Waals surface area contributed by atoms with Gasteiger partial charge in [-0.15, -0.1) is 0 Å². The van der Waals surface area contributed by atoms with Crippen LogP contribution >= 0.6 is 11.6 Å². The lowest BCUT2D eigenvalue weighted by molar-refractivity contribution is -0.933. The summed E-state index contributed by atoms with van der Waals surface area (Å²) in [6.07, 6.45) is 4.81. The molecule has 0 spiro atoms. The van der Waals surface area contributed by atoms with Crippen LogP contribution in [0, 0.1) is 0 Å². The van der Waals surface area contributed by atoms with Gasteiger partial charge in [0.05, 0.1) is 46.4 Å². The van der Waals surface area contributed by atoms with Gasteiger partial charge < -0.3 is 43.1 Å². The standard InChI is InChI=1S/C34H44ClN7O5.ClH/c1-4-41(34(45)47-3)33(44)25-15-11-23(12-16-25)8-5-19-42(20-6-9-24-13-17-27(46-2)18-14-24)21-7-10-26(22-42)38-32(43)28-30(36)40-31(37)29(35)39-28;/h11-18,26H,4-10,19-22H2,1-3H3,(H4-,36,37,38,40,43);1H. The molecule has 1 aliphatic rings. The average Bonchev–Trinajstić information content (AvgIpc) is 3.07. The van der Waals surface area contributed by atoms with E-state index in [4.69, 9.17) is 32.5 Å². The van der Waals surface area contributed by atoms with E-state index in [1.807, 2.05) is 24.3 Å². The number of methoxy groups -OCH3 is 2. The quantitative estimate of drug-likeness (QED) is 0.224. The van der Waals surface area contributed by atoms with Crippen molar-refractivity contribution in [2.45, 2.75) is 51.5 Å². The molecule has 2 unspecified atom stereocenters. The molecule has 0 radical (unpaired) electrons. The van der Waals surface area contributed by atoms with Crippen LogP contribution < -0.4 is 33.9 Å². The van der Waals surface area contributed by atoms with Crippen LogP contribution in [0.25, 0.3) is 0 Å². The molecule has 1 fully saturated rings. The zero-order chi connectivity index (χ0) is 34.0. The summed E-state index contributed by atoms with van der Waals surface area (Å²) < 4.78 is 10.9. The number of halogens is 2. The molecule has 2 atom stereocenters. The molecular formula is C34H45Cl2N7O5. The second-order valence-electron chi connectivity index (χ2n) is 11.9. The van der Waals surface area contributed by atoms with Crippen LogP contribution in [0.15, 0.2) is 48.5 Å². The lowest BCUT2D eigenvalue weighted by Crippen LogP contribution is -3.00. The van der Waals surface area contributed by atoms with Crippen molar-refractivity contribution >= 4 is 41.1 Å². The number of benzene rings is 2. The van der Waals surface area contributed by atoms with E-state index < -0.39 is 12.0 Å². The van der Waals surface area contributed by atoms with Gasteiger partial charge in [0, 0.05) is 24.9 Å². The van der Waals surface area contributed by atoms with Gasteiger partial charge in [0.2, 0.25) is 0 Å². The van der Waals surface area contributed by atoms with Crippen molar-refractivity contribution in [3.63, 3.8) is 0 Å². The number of imide groups is 1. The number of hydrogen-bond acceptors (Lipinski definition) is 9. The van der Waals surface area contributed by atoms with Crippen LogP contribution in [0.2, 0.25) is 5.15 Å². The maximum atomic E-state index is 13.2. The first kappa shape index (κ1) is 38.3. The lowest BCUT2D eigenvalue weighted by Gasteiger charge is -2.45. The number of nitrogen functional groups attached to an aromatic ring is 2. The summed E-state index contributed by atoms with van der Waals surface area (Å²) in [6, 6.07) is 15.5. The Morgan fingerprint density at radius 3 is 2.12 bits per heavy atom. The number of nitrogens with one attached hydrogen (secondary N) is 1. The monoisotopic (exact) mass is 701 g/mol. The van der Waals surface area contributed by atoms with Crippen LogP contribution in [0.1, 0.15) is 64.6 Å². The second kappa shape index (κ2) is 17.9. The van der Waals surface area contributed by atoms with E-state index in [0.29, 0.717) is 5.56 Å². The number of nitrogens with zero attached hydrogens (tertiary/aromatic N) is 4. The Labute approximate surface area is 293 Å². The maximum Gasteiger partial charge on any atom is 0.416 e. The number of piperidine rings is 1. The van der Waals surface area contributed by atoms with Gasteiger partial charge in [-0.25, -0.2) is 19.7 Å². The molecule has 2 heterocycles. The van der Waals surface area contributed by atoms with E-state index in [0.717, 1.165) is 85.4 Å². The Kier molecular flexibility index (Phi) is 14.3. The minimum Gasteiger partial charge on any atom is -1.00 e. The minimum atomic E-state index is -0.674. The predicted molar refractivity (Wildman–Crippen MR) is 181 cm³/mol. The number of carbonyl (C=O) groups excluding carboxylic acids is 3. The SMILES string of the molecule is CCN(C(=O)OC)C(=O)c1ccc(CCC[N+]2(CCCc3ccc(OC)cc3)CCCC(NC(=O)c3nc(Cl)c(N)nc3N)C2)cc1.[Cl-]. The van der Waals surface area contributed by atoms with Crippen molar-refractivity contribution < 1.29 is 40.7 Å². The largest absolute Gasteiger partial charge is 1.00 e. The number of quaternary nitrogens is 1. The molecule has 1 aromatic heterocycles. The molecular weight excluding hydrogens is 657 g/mol. The average molecular weight is 703 g/mol. The summed E-state index contributed by atoms with van der Waals surface area (Å²) in [5.74, 6) is -0.0356. The fraction of sp³-hybridized carbons (Fsp3) is 0.441. The molecule has 0 bridgehead atoms. The molecule has 5 N–H and O–H groups in total. The second-order valence-corrected chi connectivity index (χ2v) is 12.3. The molecule has 1 aliphatic heterocycles. The van der Waals surface area contributed by atoms with E-state index in [1.165, 1.54) is 12.7 Å². The van der Waals surface area contributed by atoms with E-state index >= 15 is 0 Å². The van der Waals surface area contributed by atoms with Gasteiger partial charge in [0.1, 0.15) is 5.75 Å². The predicted octanol–water partition coefficient (Wildman–Crippen LogP) is 1.51. The van der Waals surface area contributed by atoms with Gasteiger partial charge >= 0.3 is 6.09 Å². The molecule has 260 valence electrons. The Hall–Kier alpha value is -4.13. The third-order valence-corrected chi connectivity index (χ3v) is 9.04. The molecule has 12 nitrogen and oxygen atoms in total. The number of ether oxygens (including phenoxy) is 2. The smallest absolute Gasteiger partial charge is 0.416 e. The summed E-state index contributed by atoms with van der Waals surface area (Å²) in [4.78, 5) is 47.0.